The predicted octanol–water partition coefficient (Wildman–Crippen LogP) is 3.20. The van der Waals surface area contributed by atoms with Gasteiger partial charge in [0.05, 0.1) is 12.4 Å². The molecule has 0 aromatic heterocycles. The molecule has 0 radical (unpaired) electrons. The number of rotatable bonds is 13. The summed E-state index contributed by atoms with van der Waals surface area (Å²) in [4.78, 5) is 25.4. The third kappa shape index (κ3) is 11.7. The van der Waals surface area contributed by atoms with E-state index in [1.54, 1.807) is 6.92 Å². The van der Waals surface area contributed by atoms with Gasteiger partial charge in [-0.1, -0.05) is 24.6 Å². The van der Waals surface area contributed by atoms with E-state index < -0.39 is 6.09 Å². The van der Waals surface area contributed by atoms with Gasteiger partial charge >= 0.3 is 6.09 Å². The Kier molecular flexibility index (Phi) is 12.6. The van der Waals surface area contributed by atoms with Crippen LogP contribution in [-0.4, -0.2) is 67.8 Å². The first-order valence-corrected chi connectivity index (χ1v) is 12.2. The summed E-state index contributed by atoms with van der Waals surface area (Å²) in [7, 11) is 0. The Hall–Kier alpha value is -2.19. The van der Waals surface area contributed by atoms with E-state index >= 15 is 0 Å². The molecule has 2 amide bonds. The van der Waals surface area contributed by atoms with Crippen molar-refractivity contribution >= 4 is 23.8 Å². The third-order valence-corrected chi connectivity index (χ3v) is 5.67. The fourth-order valence-electron chi connectivity index (χ4n) is 3.20. The average molecular weight is 450 g/mol. The molecule has 1 aromatic rings. The van der Waals surface area contributed by atoms with Crippen LogP contribution >= 0.6 is 11.8 Å². The number of benzene rings is 1. The van der Waals surface area contributed by atoms with Crippen molar-refractivity contribution < 1.29 is 19.1 Å². The first kappa shape index (κ1) is 25.1. The highest BCUT2D eigenvalue weighted by atomic mass is 32.2. The van der Waals surface area contributed by atoms with Crippen molar-refractivity contribution in [2.24, 2.45) is 0 Å². The van der Waals surface area contributed by atoms with Gasteiger partial charge < -0.3 is 20.1 Å². The second-order valence-electron chi connectivity index (χ2n) is 7.27. The van der Waals surface area contributed by atoms with E-state index in [0.29, 0.717) is 37.8 Å². The van der Waals surface area contributed by atoms with E-state index in [1.165, 1.54) is 49.7 Å². The standard InChI is InChI=1S/C23H35N3O4S/c1-2-29-23(28)25-12-16-31-19-22(27)24-11-4-7-15-30-21-10-8-9-20(17-21)18-26-13-5-3-6-14-26/h4,7-10,17H,2-3,5-6,11-16,18-19H2,1H3,(H,24,27)(H,25,28). The van der Waals surface area contributed by atoms with E-state index in [2.05, 4.69) is 27.7 Å². The topological polar surface area (TPSA) is 79.9 Å². The smallest absolute Gasteiger partial charge is 0.407 e. The predicted molar refractivity (Wildman–Crippen MR) is 126 cm³/mol. The highest BCUT2D eigenvalue weighted by Gasteiger charge is 2.10. The summed E-state index contributed by atoms with van der Waals surface area (Å²) < 4.78 is 10.6. The lowest BCUT2D eigenvalue weighted by Gasteiger charge is -2.26. The van der Waals surface area contributed by atoms with E-state index in [4.69, 9.17) is 9.47 Å². The summed E-state index contributed by atoms with van der Waals surface area (Å²) in [5, 5.41) is 5.46. The van der Waals surface area contributed by atoms with Gasteiger partial charge in [0, 0.05) is 25.4 Å². The Balaban J connectivity index is 1.52. The van der Waals surface area contributed by atoms with E-state index in [1.807, 2.05) is 24.3 Å². The molecule has 1 fully saturated rings. The largest absolute Gasteiger partial charge is 0.490 e. The molecule has 8 heteroatoms. The normalized spacial score (nSPS) is 14.4. The molecule has 0 bridgehead atoms. The van der Waals surface area contributed by atoms with E-state index in [9.17, 15) is 9.59 Å². The van der Waals surface area contributed by atoms with Crippen molar-refractivity contribution in [1.29, 1.82) is 0 Å². The Labute approximate surface area is 189 Å². The zero-order valence-electron chi connectivity index (χ0n) is 18.4. The lowest BCUT2D eigenvalue weighted by Crippen LogP contribution is -2.29. The van der Waals surface area contributed by atoms with Crippen molar-refractivity contribution in [2.75, 3.05) is 50.9 Å². The van der Waals surface area contributed by atoms with Crippen LogP contribution < -0.4 is 15.4 Å². The van der Waals surface area contributed by atoms with Crippen molar-refractivity contribution in [3.8, 4) is 5.75 Å². The summed E-state index contributed by atoms with van der Waals surface area (Å²) in [5.41, 5.74) is 1.28. The second kappa shape index (κ2) is 15.6. The van der Waals surface area contributed by atoms with Crippen LogP contribution in [-0.2, 0) is 16.1 Å². The van der Waals surface area contributed by atoms with E-state index in [0.717, 1.165) is 12.3 Å². The summed E-state index contributed by atoms with van der Waals surface area (Å²) >= 11 is 1.47. The monoisotopic (exact) mass is 449 g/mol. The van der Waals surface area contributed by atoms with Gasteiger partial charge in [0.1, 0.15) is 12.4 Å². The molecule has 31 heavy (non-hydrogen) atoms. The summed E-state index contributed by atoms with van der Waals surface area (Å²) in [6, 6.07) is 8.28. The minimum absolute atomic E-state index is 0.0304. The lowest BCUT2D eigenvalue weighted by molar-refractivity contribution is -0.118. The van der Waals surface area contributed by atoms with Crippen LogP contribution in [0.3, 0.4) is 0 Å². The van der Waals surface area contributed by atoms with Gasteiger partial charge in [-0.2, -0.15) is 11.8 Å². The Morgan fingerprint density at radius 3 is 2.81 bits per heavy atom. The van der Waals surface area contributed by atoms with Gasteiger partial charge in [0.25, 0.3) is 0 Å². The number of ether oxygens (including phenoxy) is 2. The molecule has 2 N–H and O–H groups in total. The van der Waals surface area contributed by atoms with Crippen LogP contribution in [0.15, 0.2) is 36.4 Å². The number of alkyl carbamates (subject to hydrolysis) is 1. The van der Waals surface area contributed by atoms with Gasteiger partial charge in [-0.3, -0.25) is 9.69 Å². The summed E-state index contributed by atoms with van der Waals surface area (Å²) in [6.07, 6.45) is 7.32. The number of carbonyl (C=O) groups is 2. The van der Waals surface area contributed by atoms with Crippen molar-refractivity contribution in [2.45, 2.75) is 32.7 Å². The number of likely N-dealkylation sites (tertiary alicyclic amines) is 1. The molecule has 0 spiro atoms. The number of thioether (sulfide) groups is 1. The minimum Gasteiger partial charge on any atom is -0.490 e. The van der Waals surface area contributed by atoms with Crippen LogP contribution in [0, 0.1) is 0 Å². The van der Waals surface area contributed by atoms with Gasteiger partial charge in [-0.05, 0) is 56.6 Å². The number of hydrogen-bond acceptors (Lipinski definition) is 6. The second-order valence-corrected chi connectivity index (χ2v) is 8.38. The number of hydrogen-bond donors (Lipinski definition) is 2. The fraction of sp³-hybridized carbons (Fsp3) is 0.565. The van der Waals surface area contributed by atoms with Crippen LogP contribution in [0.1, 0.15) is 31.7 Å². The molecular weight excluding hydrogens is 414 g/mol. The molecule has 0 aliphatic carbocycles. The highest BCUT2D eigenvalue weighted by molar-refractivity contribution is 7.99. The molecule has 1 saturated heterocycles. The number of piperidine rings is 1. The minimum atomic E-state index is -0.423. The molecule has 1 aliphatic heterocycles. The molecule has 0 unspecified atom stereocenters. The average Bonchev–Trinajstić information content (AvgIpc) is 2.77. The molecule has 2 rings (SSSR count). The maximum Gasteiger partial charge on any atom is 0.407 e. The molecule has 7 nitrogen and oxygen atoms in total. The highest BCUT2D eigenvalue weighted by Crippen LogP contribution is 2.17. The van der Waals surface area contributed by atoms with Gasteiger partial charge in [-0.15, -0.1) is 0 Å². The molecule has 172 valence electrons. The van der Waals surface area contributed by atoms with Crippen LogP contribution in [0.5, 0.6) is 5.75 Å². The fourth-order valence-corrected chi connectivity index (χ4v) is 3.88. The Morgan fingerprint density at radius 1 is 1.16 bits per heavy atom. The molecule has 0 atom stereocenters. The van der Waals surface area contributed by atoms with Crippen LogP contribution in [0.2, 0.25) is 0 Å². The molecule has 0 saturated carbocycles. The Bertz CT molecular complexity index is 693. The Morgan fingerprint density at radius 2 is 2.00 bits per heavy atom. The molecule has 1 heterocycles. The number of carbonyl (C=O) groups excluding carboxylic acids is 2. The van der Waals surface area contributed by atoms with Gasteiger partial charge in [0.2, 0.25) is 5.91 Å². The van der Waals surface area contributed by atoms with Crippen LogP contribution in [0.4, 0.5) is 4.79 Å². The van der Waals surface area contributed by atoms with Crippen molar-refractivity contribution in [1.82, 2.24) is 15.5 Å². The first-order chi connectivity index (χ1) is 15.2. The van der Waals surface area contributed by atoms with Crippen molar-refractivity contribution in [3.63, 3.8) is 0 Å². The van der Waals surface area contributed by atoms with Gasteiger partial charge in [0.15, 0.2) is 0 Å². The molecule has 1 aromatic carbocycles. The SMILES string of the molecule is CCOC(=O)NCCSCC(=O)NCC=CCOc1cccc(CN2CCCCC2)c1. The van der Waals surface area contributed by atoms with E-state index in [-0.39, 0.29) is 5.91 Å². The summed E-state index contributed by atoms with van der Waals surface area (Å²) in [6.45, 7) is 6.88. The molecular formula is C23H35N3O4S. The maximum absolute atomic E-state index is 11.8. The summed E-state index contributed by atoms with van der Waals surface area (Å²) in [5.74, 6) is 1.86. The lowest BCUT2D eigenvalue weighted by atomic mass is 10.1. The number of nitrogens with one attached hydrogen (secondary N) is 2. The van der Waals surface area contributed by atoms with Crippen LogP contribution in [0.25, 0.3) is 0 Å². The quantitative estimate of drug-likeness (QED) is 0.356. The number of nitrogens with zero attached hydrogens (tertiary/aromatic N) is 1. The van der Waals surface area contributed by atoms with Gasteiger partial charge in [-0.25, -0.2) is 4.79 Å². The zero-order valence-corrected chi connectivity index (χ0v) is 19.3. The maximum atomic E-state index is 11.8. The first-order valence-electron chi connectivity index (χ1n) is 11.0. The number of amides is 2. The molecule has 1 aliphatic rings. The van der Waals surface area contributed by atoms with Crippen molar-refractivity contribution in [3.05, 3.63) is 42.0 Å². The third-order valence-electron chi connectivity index (χ3n) is 4.71. The zero-order chi connectivity index (χ0) is 22.2.